The Morgan fingerprint density at radius 1 is 1.31 bits per heavy atom. The van der Waals surface area contributed by atoms with Gasteiger partial charge in [0.15, 0.2) is 5.78 Å². The summed E-state index contributed by atoms with van der Waals surface area (Å²) >= 11 is 0. The van der Waals surface area contributed by atoms with Crippen LogP contribution in [0.25, 0.3) is 0 Å². The maximum Gasteiger partial charge on any atom is 0.157 e. The van der Waals surface area contributed by atoms with E-state index in [2.05, 4.69) is 11.4 Å². The van der Waals surface area contributed by atoms with Gasteiger partial charge in [0.05, 0.1) is 11.6 Å². The maximum absolute atomic E-state index is 11.2. The van der Waals surface area contributed by atoms with Gasteiger partial charge in [0.2, 0.25) is 0 Å². The van der Waals surface area contributed by atoms with Crippen LogP contribution in [0, 0.1) is 11.3 Å². The van der Waals surface area contributed by atoms with Gasteiger partial charge in [-0.1, -0.05) is 6.07 Å². The molecule has 80 valence electrons. The summed E-state index contributed by atoms with van der Waals surface area (Å²) in [5.74, 6) is 0.171. The van der Waals surface area contributed by atoms with Gasteiger partial charge in [-0.05, 0) is 31.0 Å². The molecule has 16 heavy (non-hydrogen) atoms. The summed E-state index contributed by atoms with van der Waals surface area (Å²) in [6.45, 7) is 0. The summed E-state index contributed by atoms with van der Waals surface area (Å²) in [5.41, 5.74) is 2.42. The largest absolute Gasteiger partial charge is 0.359 e. The Hall–Kier alpha value is -2.08. The maximum atomic E-state index is 11.2. The predicted octanol–water partition coefficient (Wildman–Crippen LogP) is 2.61. The molecule has 0 atom stereocenters. The second-order valence-electron chi connectivity index (χ2n) is 3.81. The Morgan fingerprint density at radius 2 is 2.19 bits per heavy atom. The van der Waals surface area contributed by atoms with E-state index in [0.717, 1.165) is 24.2 Å². The van der Waals surface area contributed by atoms with E-state index < -0.39 is 0 Å². The van der Waals surface area contributed by atoms with Crippen molar-refractivity contribution in [1.82, 2.24) is 0 Å². The van der Waals surface area contributed by atoms with Crippen molar-refractivity contribution in [3.8, 4) is 6.07 Å². The number of ketones is 1. The molecule has 0 unspecified atom stereocenters. The highest BCUT2D eigenvalue weighted by Gasteiger charge is 2.09. The number of nitrogens with zero attached hydrogens (tertiary/aromatic N) is 1. The van der Waals surface area contributed by atoms with Gasteiger partial charge in [-0.15, -0.1) is 0 Å². The third-order valence-corrected chi connectivity index (χ3v) is 2.50. The van der Waals surface area contributed by atoms with Crippen molar-refractivity contribution in [2.75, 3.05) is 5.32 Å². The lowest BCUT2D eigenvalue weighted by atomic mass is 10.0. The molecule has 0 saturated carbocycles. The fourth-order valence-corrected chi connectivity index (χ4v) is 1.74. The predicted molar refractivity (Wildman–Crippen MR) is 61.7 cm³/mol. The highest BCUT2D eigenvalue weighted by atomic mass is 16.1. The minimum atomic E-state index is 0.171. The van der Waals surface area contributed by atoms with Gasteiger partial charge in [0.1, 0.15) is 0 Å². The van der Waals surface area contributed by atoms with Gasteiger partial charge in [0, 0.05) is 23.9 Å². The standard InChI is InChI=1S/C13H12N2O/c14-9-10-3-1-4-11(7-10)15-12-5-2-6-13(16)8-12/h1,3-4,7-8,15H,2,5-6H2. The molecule has 0 spiro atoms. The van der Waals surface area contributed by atoms with E-state index in [1.807, 2.05) is 12.1 Å². The molecule has 1 aromatic carbocycles. The van der Waals surface area contributed by atoms with Gasteiger partial charge in [-0.2, -0.15) is 5.26 Å². The first-order valence-corrected chi connectivity index (χ1v) is 5.28. The quantitative estimate of drug-likeness (QED) is 0.819. The van der Waals surface area contributed by atoms with Crippen molar-refractivity contribution >= 4 is 11.5 Å². The van der Waals surface area contributed by atoms with Crippen LogP contribution in [0.4, 0.5) is 5.69 Å². The van der Waals surface area contributed by atoms with Crippen LogP contribution in [0.3, 0.4) is 0 Å². The molecule has 0 aromatic heterocycles. The third-order valence-electron chi connectivity index (χ3n) is 2.50. The van der Waals surface area contributed by atoms with E-state index in [4.69, 9.17) is 5.26 Å². The third kappa shape index (κ3) is 2.48. The smallest absolute Gasteiger partial charge is 0.157 e. The van der Waals surface area contributed by atoms with Gasteiger partial charge < -0.3 is 5.32 Å². The minimum Gasteiger partial charge on any atom is -0.359 e. The molecule has 2 rings (SSSR count). The first-order chi connectivity index (χ1) is 7.78. The lowest BCUT2D eigenvalue weighted by molar-refractivity contribution is -0.115. The van der Waals surface area contributed by atoms with Crippen molar-refractivity contribution in [2.45, 2.75) is 19.3 Å². The van der Waals surface area contributed by atoms with E-state index in [-0.39, 0.29) is 5.78 Å². The number of hydrogen-bond acceptors (Lipinski definition) is 3. The number of carbonyl (C=O) groups is 1. The summed E-state index contributed by atoms with van der Waals surface area (Å²) in [5, 5.41) is 11.9. The number of carbonyl (C=O) groups excluding carboxylic acids is 1. The number of nitrogens with one attached hydrogen (secondary N) is 1. The Bertz CT molecular complexity index is 483. The fraction of sp³-hybridized carbons (Fsp3) is 0.231. The molecular weight excluding hydrogens is 200 g/mol. The van der Waals surface area contributed by atoms with Crippen LogP contribution in [0.1, 0.15) is 24.8 Å². The number of hydrogen-bond donors (Lipinski definition) is 1. The molecule has 1 aliphatic carbocycles. The molecule has 0 bridgehead atoms. The lowest BCUT2D eigenvalue weighted by Crippen LogP contribution is -2.09. The van der Waals surface area contributed by atoms with E-state index in [1.54, 1.807) is 18.2 Å². The highest BCUT2D eigenvalue weighted by molar-refractivity contribution is 5.91. The summed E-state index contributed by atoms with van der Waals surface area (Å²) in [7, 11) is 0. The van der Waals surface area contributed by atoms with E-state index >= 15 is 0 Å². The van der Waals surface area contributed by atoms with E-state index in [0.29, 0.717) is 12.0 Å². The molecule has 0 radical (unpaired) electrons. The number of allylic oxidation sites excluding steroid dienone is 2. The minimum absolute atomic E-state index is 0.171. The van der Waals surface area contributed by atoms with Crippen LogP contribution in [-0.2, 0) is 4.79 Å². The second-order valence-corrected chi connectivity index (χ2v) is 3.81. The van der Waals surface area contributed by atoms with E-state index in [1.165, 1.54) is 0 Å². The topological polar surface area (TPSA) is 52.9 Å². The van der Waals surface area contributed by atoms with Crippen LogP contribution in [0.2, 0.25) is 0 Å². The van der Waals surface area contributed by atoms with Crippen LogP contribution in [-0.4, -0.2) is 5.78 Å². The summed E-state index contributed by atoms with van der Waals surface area (Å²) in [6.07, 6.45) is 4.09. The zero-order valence-electron chi connectivity index (χ0n) is 8.86. The Balaban J connectivity index is 2.15. The molecule has 3 heteroatoms. The first-order valence-electron chi connectivity index (χ1n) is 5.28. The zero-order valence-corrected chi connectivity index (χ0v) is 8.86. The Labute approximate surface area is 94.4 Å². The average Bonchev–Trinajstić information content (AvgIpc) is 2.29. The molecule has 0 aliphatic heterocycles. The SMILES string of the molecule is N#Cc1cccc(NC2=CC(=O)CCC2)c1. The number of benzene rings is 1. The highest BCUT2D eigenvalue weighted by Crippen LogP contribution is 2.19. The molecule has 3 nitrogen and oxygen atoms in total. The van der Waals surface area contributed by atoms with Crippen molar-refractivity contribution < 1.29 is 4.79 Å². The first kappa shape index (κ1) is 10.4. The number of rotatable bonds is 2. The van der Waals surface area contributed by atoms with Gasteiger partial charge >= 0.3 is 0 Å². The summed E-state index contributed by atoms with van der Waals surface area (Å²) < 4.78 is 0. The molecule has 0 amide bonds. The van der Waals surface area contributed by atoms with Gasteiger partial charge in [-0.3, -0.25) is 4.79 Å². The monoisotopic (exact) mass is 212 g/mol. The summed E-state index contributed by atoms with van der Waals surface area (Å²) in [6, 6.07) is 9.34. The van der Waals surface area contributed by atoms with Crippen LogP contribution in [0.15, 0.2) is 36.0 Å². The molecular formula is C13H12N2O. The van der Waals surface area contributed by atoms with Crippen molar-refractivity contribution in [3.05, 3.63) is 41.6 Å². The molecule has 0 saturated heterocycles. The lowest BCUT2D eigenvalue weighted by Gasteiger charge is -2.14. The molecule has 0 heterocycles. The fourth-order valence-electron chi connectivity index (χ4n) is 1.74. The van der Waals surface area contributed by atoms with Gasteiger partial charge in [-0.25, -0.2) is 0 Å². The summed E-state index contributed by atoms with van der Waals surface area (Å²) in [4.78, 5) is 11.2. The van der Waals surface area contributed by atoms with Crippen molar-refractivity contribution in [1.29, 1.82) is 5.26 Å². The van der Waals surface area contributed by atoms with Crippen LogP contribution >= 0.6 is 0 Å². The molecule has 1 aromatic rings. The Kier molecular flexibility index (Phi) is 3.02. The second kappa shape index (κ2) is 4.63. The molecule has 1 aliphatic rings. The van der Waals surface area contributed by atoms with Crippen molar-refractivity contribution in [3.63, 3.8) is 0 Å². The average molecular weight is 212 g/mol. The molecule has 0 fully saturated rings. The van der Waals surface area contributed by atoms with Crippen LogP contribution < -0.4 is 5.32 Å². The Morgan fingerprint density at radius 3 is 2.94 bits per heavy atom. The normalized spacial score (nSPS) is 15.2. The number of anilines is 1. The van der Waals surface area contributed by atoms with E-state index in [9.17, 15) is 4.79 Å². The van der Waals surface area contributed by atoms with Crippen molar-refractivity contribution in [2.24, 2.45) is 0 Å². The molecule has 1 N–H and O–H groups in total. The number of nitriles is 1. The van der Waals surface area contributed by atoms with Gasteiger partial charge in [0.25, 0.3) is 0 Å². The van der Waals surface area contributed by atoms with Crippen LogP contribution in [0.5, 0.6) is 0 Å². The zero-order chi connectivity index (χ0) is 11.4.